The van der Waals surface area contributed by atoms with Gasteiger partial charge in [0.1, 0.15) is 22.9 Å². The molecule has 0 aromatic carbocycles. The van der Waals surface area contributed by atoms with E-state index in [1.165, 1.54) is 10.5 Å². The second-order valence-corrected chi connectivity index (χ2v) is 6.66. The highest BCUT2D eigenvalue weighted by atomic mass is 16.5. The Balaban J connectivity index is 1.92. The average Bonchev–Trinajstić information content (AvgIpc) is 2.69. The van der Waals surface area contributed by atoms with Gasteiger partial charge in [0, 0.05) is 32.4 Å². The van der Waals surface area contributed by atoms with Crippen LogP contribution in [0.4, 0.5) is 0 Å². The van der Waals surface area contributed by atoms with Crippen LogP contribution in [0.3, 0.4) is 0 Å². The molecule has 8 nitrogen and oxygen atoms in total. The van der Waals surface area contributed by atoms with Crippen molar-refractivity contribution in [2.75, 3.05) is 32.8 Å². The highest BCUT2D eigenvalue weighted by molar-refractivity contribution is 5.78. The zero-order valence-electron chi connectivity index (χ0n) is 15.1. The first-order chi connectivity index (χ1) is 13.1. The number of aromatic nitrogens is 3. The number of morpholine rings is 1. The minimum Gasteiger partial charge on any atom is -0.379 e. The van der Waals surface area contributed by atoms with Crippen LogP contribution >= 0.6 is 0 Å². The maximum Gasteiger partial charge on any atom is 0.267 e. The normalized spacial score (nSPS) is 15.3. The van der Waals surface area contributed by atoms with Crippen molar-refractivity contribution < 1.29 is 4.74 Å². The van der Waals surface area contributed by atoms with Crippen molar-refractivity contribution in [2.45, 2.75) is 13.5 Å². The minimum absolute atomic E-state index is 0.0862. The summed E-state index contributed by atoms with van der Waals surface area (Å²) in [4.78, 5) is 19.9. The molecule has 0 unspecified atom stereocenters. The van der Waals surface area contributed by atoms with E-state index in [9.17, 15) is 10.1 Å². The zero-order valence-corrected chi connectivity index (χ0v) is 15.1. The van der Waals surface area contributed by atoms with Crippen LogP contribution in [0.2, 0.25) is 0 Å². The summed E-state index contributed by atoms with van der Waals surface area (Å²) in [5.41, 5.74) is 1.94. The van der Waals surface area contributed by atoms with E-state index < -0.39 is 0 Å². The molecule has 0 spiro atoms. The van der Waals surface area contributed by atoms with Crippen molar-refractivity contribution in [2.24, 2.45) is 0 Å². The fraction of sp³-hybridized carbons (Fsp3) is 0.368. The molecule has 0 radical (unpaired) electrons. The maximum atomic E-state index is 13.0. The highest BCUT2D eigenvalue weighted by Gasteiger charge is 2.16. The molecule has 0 bridgehead atoms. The average molecular weight is 364 g/mol. The first-order valence-electron chi connectivity index (χ1n) is 8.90. The zero-order chi connectivity index (χ0) is 19.0. The second kappa shape index (κ2) is 6.95. The molecule has 0 atom stereocenters. The van der Waals surface area contributed by atoms with Crippen LogP contribution in [0.1, 0.15) is 11.1 Å². The van der Waals surface area contributed by atoms with Crippen LogP contribution in [0.25, 0.3) is 16.7 Å². The van der Waals surface area contributed by atoms with Crippen molar-refractivity contribution in [3.8, 4) is 6.07 Å². The van der Waals surface area contributed by atoms with Gasteiger partial charge in [-0.15, -0.1) is 0 Å². The fourth-order valence-corrected chi connectivity index (χ4v) is 3.47. The van der Waals surface area contributed by atoms with Gasteiger partial charge in [-0.25, -0.2) is 4.98 Å². The Kier molecular flexibility index (Phi) is 4.48. The maximum absolute atomic E-state index is 13.0. The van der Waals surface area contributed by atoms with Gasteiger partial charge in [0.25, 0.3) is 5.56 Å². The molecule has 138 valence electrons. The third-order valence-electron chi connectivity index (χ3n) is 5.00. The molecular weight excluding hydrogens is 344 g/mol. The smallest absolute Gasteiger partial charge is 0.267 e. The summed E-state index contributed by atoms with van der Waals surface area (Å²) in [7, 11) is 0. The molecule has 0 saturated carbocycles. The van der Waals surface area contributed by atoms with E-state index in [0.717, 1.165) is 18.7 Å². The monoisotopic (exact) mass is 364 g/mol. The molecule has 3 aromatic heterocycles. The van der Waals surface area contributed by atoms with Crippen molar-refractivity contribution in [3.63, 3.8) is 0 Å². The molecule has 1 N–H and O–H groups in total. The van der Waals surface area contributed by atoms with Gasteiger partial charge in [-0.3, -0.25) is 19.5 Å². The second-order valence-electron chi connectivity index (χ2n) is 6.66. The number of pyridine rings is 2. The molecule has 8 heteroatoms. The summed E-state index contributed by atoms with van der Waals surface area (Å²) in [6.45, 7) is 6.15. The molecule has 4 rings (SSSR count). The van der Waals surface area contributed by atoms with Crippen LogP contribution in [0.15, 0.2) is 29.2 Å². The number of nitrogens with one attached hydrogen (secondary N) is 1. The lowest BCUT2D eigenvalue weighted by atomic mass is 10.2. The third kappa shape index (κ3) is 3.01. The lowest BCUT2D eigenvalue weighted by Crippen LogP contribution is -2.39. The van der Waals surface area contributed by atoms with Crippen LogP contribution in [0, 0.1) is 23.7 Å². The Morgan fingerprint density at radius 1 is 1.30 bits per heavy atom. The van der Waals surface area contributed by atoms with Crippen LogP contribution < -0.4 is 11.0 Å². The van der Waals surface area contributed by atoms with Gasteiger partial charge < -0.3 is 9.30 Å². The molecule has 4 heterocycles. The Morgan fingerprint density at radius 2 is 2.07 bits per heavy atom. The SMILES string of the molecule is Cc1cccn2c(=O)c3cc(C#N)c(=N)n(CCN4CCOCC4)c3nc12. The molecule has 0 amide bonds. The number of nitrogens with zero attached hydrogens (tertiary/aromatic N) is 5. The van der Waals surface area contributed by atoms with Crippen molar-refractivity contribution in [3.05, 3.63) is 51.4 Å². The van der Waals surface area contributed by atoms with Gasteiger partial charge in [0.15, 0.2) is 0 Å². The Morgan fingerprint density at radius 3 is 2.81 bits per heavy atom. The van der Waals surface area contributed by atoms with E-state index in [4.69, 9.17) is 15.1 Å². The molecule has 3 aromatic rings. The van der Waals surface area contributed by atoms with Crippen LogP contribution in [-0.2, 0) is 11.3 Å². The summed E-state index contributed by atoms with van der Waals surface area (Å²) in [5.74, 6) is 0. The topological polar surface area (TPSA) is 99.4 Å². The lowest BCUT2D eigenvalue weighted by Gasteiger charge is -2.27. The number of fused-ring (bicyclic) bond motifs is 2. The largest absolute Gasteiger partial charge is 0.379 e. The molecule has 1 aliphatic rings. The summed E-state index contributed by atoms with van der Waals surface area (Å²) >= 11 is 0. The summed E-state index contributed by atoms with van der Waals surface area (Å²) in [6.07, 6.45) is 1.68. The van der Waals surface area contributed by atoms with E-state index in [0.29, 0.717) is 43.0 Å². The number of hydrogen-bond acceptors (Lipinski definition) is 6. The molecule has 1 saturated heterocycles. The molecular formula is C19H20N6O2. The van der Waals surface area contributed by atoms with Gasteiger partial charge >= 0.3 is 0 Å². The molecule has 0 aliphatic carbocycles. The lowest BCUT2D eigenvalue weighted by molar-refractivity contribution is 0.0364. The summed E-state index contributed by atoms with van der Waals surface area (Å²) in [6, 6.07) is 7.21. The highest BCUT2D eigenvalue weighted by Crippen LogP contribution is 2.12. The fourth-order valence-electron chi connectivity index (χ4n) is 3.47. The van der Waals surface area contributed by atoms with Gasteiger partial charge in [-0.1, -0.05) is 6.07 Å². The first kappa shape index (κ1) is 17.4. The molecule has 27 heavy (non-hydrogen) atoms. The number of ether oxygens (including phenoxy) is 1. The van der Waals surface area contributed by atoms with Crippen molar-refractivity contribution in [1.29, 1.82) is 10.7 Å². The van der Waals surface area contributed by atoms with Crippen molar-refractivity contribution in [1.82, 2.24) is 18.9 Å². The Hall–Kier alpha value is -3.02. The van der Waals surface area contributed by atoms with E-state index in [1.54, 1.807) is 16.8 Å². The van der Waals surface area contributed by atoms with Crippen molar-refractivity contribution >= 4 is 16.7 Å². The Labute approximate surface area is 155 Å². The first-order valence-corrected chi connectivity index (χ1v) is 8.90. The summed E-state index contributed by atoms with van der Waals surface area (Å²) in [5, 5.41) is 18.2. The van der Waals surface area contributed by atoms with Gasteiger partial charge in [-0.2, -0.15) is 5.26 Å². The third-order valence-corrected chi connectivity index (χ3v) is 5.00. The predicted molar refractivity (Wildman–Crippen MR) is 99.5 cm³/mol. The van der Waals surface area contributed by atoms with E-state index in [-0.39, 0.29) is 16.6 Å². The number of rotatable bonds is 3. The molecule has 1 aliphatic heterocycles. The number of hydrogen-bond donors (Lipinski definition) is 1. The standard InChI is InChI=1S/C19H20N6O2/c1-13-3-2-4-25-17(13)22-18-15(19(25)26)11-14(12-20)16(21)24(18)6-5-23-7-9-27-10-8-23/h2-4,11,21H,5-10H2,1H3. The van der Waals surface area contributed by atoms with Crippen LogP contribution in [0.5, 0.6) is 0 Å². The van der Waals surface area contributed by atoms with E-state index >= 15 is 0 Å². The van der Waals surface area contributed by atoms with E-state index in [2.05, 4.69) is 4.90 Å². The number of nitriles is 1. The quantitative estimate of drug-likeness (QED) is 0.688. The summed E-state index contributed by atoms with van der Waals surface area (Å²) < 4.78 is 8.55. The van der Waals surface area contributed by atoms with Crippen LogP contribution in [-0.4, -0.2) is 51.7 Å². The molecule has 1 fully saturated rings. The van der Waals surface area contributed by atoms with E-state index in [1.807, 2.05) is 19.1 Å². The van der Waals surface area contributed by atoms with Gasteiger partial charge in [0.2, 0.25) is 0 Å². The Bertz CT molecular complexity index is 1180. The number of aryl methyl sites for hydroxylation is 1. The van der Waals surface area contributed by atoms with Gasteiger partial charge in [0.05, 0.1) is 24.2 Å². The predicted octanol–water partition coefficient (Wildman–Crippen LogP) is 0.641. The minimum atomic E-state index is -0.227. The van der Waals surface area contributed by atoms with Gasteiger partial charge in [-0.05, 0) is 24.6 Å².